The standard InChI is InChI=1S/C12H16ClN3O/c1-3-12(17)15-9-4-5-10(8(2)6-9)16-11(14)7-13/h4-6H,3,7H2,1-2H3,(H2,14,16)(H,15,17). The summed E-state index contributed by atoms with van der Waals surface area (Å²) in [5, 5.41) is 2.78. The van der Waals surface area contributed by atoms with Crippen LogP contribution in [0.25, 0.3) is 0 Å². The summed E-state index contributed by atoms with van der Waals surface area (Å²) in [4.78, 5) is 15.4. The van der Waals surface area contributed by atoms with Crippen LogP contribution in [-0.4, -0.2) is 17.6 Å². The van der Waals surface area contributed by atoms with E-state index in [1.165, 1.54) is 0 Å². The molecule has 1 aromatic carbocycles. The van der Waals surface area contributed by atoms with Crippen molar-refractivity contribution in [1.82, 2.24) is 0 Å². The van der Waals surface area contributed by atoms with Gasteiger partial charge in [-0.3, -0.25) is 4.79 Å². The van der Waals surface area contributed by atoms with Crippen LogP contribution in [0.15, 0.2) is 23.2 Å². The van der Waals surface area contributed by atoms with Crippen LogP contribution in [0, 0.1) is 6.92 Å². The second-order valence-electron chi connectivity index (χ2n) is 3.64. The van der Waals surface area contributed by atoms with Gasteiger partial charge in [-0.05, 0) is 30.7 Å². The molecule has 92 valence electrons. The molecule has 1 aromatic rings. The lowest BCUT2D eigenvalue weighted by molar-refractivity contribution is -0.115. The van der Waals surface area contributed by atoms with E-state index in [0.29, 0.717) is 12.3 Å². The van der Waals surface area contributed by atoms with Crippen molar-refractivity contribution in [3.05, 3.63) is 23.8 Å². The molecule has 0 aliphatic carbocycles. The van der Waals surface area contributed by atoms with Gasteiger partial charge in [0.15, 0.2) is 0 Å². The van der Waals surface area contributed by atoms with E-state index in [9.17, 15) is 4.79 Å². The SMILES string of the molecule is CCC(=O)Nc1ccc(N=C(N)CCl)c(C)c1. The number of anilines is 1. The number of nitrogens with one attached hydrogen (secondary N) is 1. The number of aliphatic imine (C=N–C) groups is 1. The molecule has 0 saturated carbocycles. The van der Waals surface area contributed by atoms with E-state index in [4.69, 9.17) is 17.3 Å². The molecule has 4 nitrogen and oxygen atoms in total. The van der Waals surface area contributed by atoms with E-state index in [-0.39, 0.29) is 11.8 Å². The number of amidine groups is 1. The number of amides is 1. The predicted octanol–water partition coefficient (Wildman–Crippen LogP) is 2.57. The topological polar surface area (TPSA) is 67.5 Å². The summed E-state index contributed by atoms with van der Waals surface area (Å²) in [5.41, 5.74) is 8.02. The Labute approximate surface area is 106 Å². The van der Waals surface area contributed by atoms with Gasteiger partial charge >= 0.3 is 0 Å². The van der Waals surface area contributed by atoms with Crippen molar-refractivity contribution in [3.63, 3.8) is 0 Å². The second-order valence-corrected chi connectivity index (χ2v) is 3.91. The molecule has 17 heavy (non-hydrogen) atoms. The minimum atomic E-state index is -0.0130. The molecule has 0 atom stereocenters. The minimum absolute atomic E-state index is 0.0130. The maximum atomic E-state index is 11.2. The molecular weight excluding hydrogens is 238 g/mol. The molecule has 0 spiro atoms. The molecule has 1 rings (SSSR count). The quantitative estimate of drug-likeness (QED) is 0.492. The van der Waals surface area contributed by atoms with Gasteiger partial charge in [0.25, 0.3) is 0 Å². The third-order valence-electron chi connectivity index (χ3n) is 2.20. The molecule has 0 aliphatic rings. The van der Waals surface area contributed by atoms with Gasteiger partial charge in [0.1, 0.15) is 5.84 Å². The normalized spacial score (nSPS) is 11.4. The number of carbonyl (C=O) groups is 1. The van der Waals surface area contributed by atoms with Crippen LogP contribution in [-0.2, 0) is 4.79 Å². The summed E-state index contributed by atoms with van der Waals surface area (Å²) in [6.07, 6.45) is 0.456. The van der Waals surface area contributed by atoms with Crippen LogP contribution in [0.4, 0.5) is 11.4 Å². The molecule has 5 heteroatoms. The molecule has 0 fully saturated rings. The average molecular weight is 254 g/mol. The first-order chi connectivity index (χ1) is 8.06. The van der Waals surface area contributed by atoms with Crippen molar-refractivity contribution in [1.29, 1.82) is 0 Å². The fourth-order valence-corrected chi connectivity index (χ4v) is 1.35. The number of benzene rings is 1. The number of nitrogens with zero attached hydrogens (tertiary/aromatic N) is 1. The third kappa shape index (κ3) is 4.07. The number of alkyl halides is 1. The van der Waals surface area contributed by atoms with Crippen molar-refractivity contribution >= 4 is 34.7 Å². The molecule has 0 saturated heterocycles. The third-order valence-corrected chi connectivity index (χ3v) is 2.48. The molecule has 0 aliphatic heterocycles. The Morgan fingerprint density at radius 3 is 2.76 bits per heavy atom. The Bertz CT molecular complexity index is 443. The van der Waals surface area contributed by atoms with E-state index in [0.717, 1.165) is 16.9 Å². The summed E-state index contributed by atoms with van der Waals surface area (Å²) in [6.45, 7) is 3.71. The van der Waals surface area contributed by atoms with Gasteiger partial charge in [-0.15, -0.1) is 11.6 Å². The first-order valence-electron chi connectivity index (χ1n) is 5.36. The number of halogens is 1. The lowest BCUT2D eigenvalue weighted by Gasteiger charge is -2.07. The highest BCUT2D eigenvalue weighted by Crippen LogP contribution is 2.22. The van der Waals surface area contributed by atoms with Crippen LogP contribution in [0.5, 0.6) is 0 Å². The maximum Gasteiger partial charge on any atom is 0.224 e. The van der Waals surface area contributed by atoms with E-state index in [2.05, 4.69) is 10.3 Å². The highest BCUT2D eigenvalue weighted by molar-refractivity contribution is 6.28. The van der Waals surface area contributed by atoms with Crippen LogP contribution in [0.3, 0.4) is 0 Å². The molecular formula is C12H16ClN3O. The smallest absolute Gasteiger partial charge is 0.224 e. The van der Waals surface area contributed by atoms with Gasteiger partial charge in [0.05, 0.1) is 11.6 Å². The molecule has 0 unspecified atom stereocenters. The Hall–Kier alpha value is -1.55. The lowest BCUT2D eigenvalue weighted by atomic mass is 10.2. The van der Waals surface area contributed by atoms with Crippen molar-refractivity contribution in [2.24, 2.45) is 10.7 Å². The number of hydrogen-bond acceptors (Lipinski definition) is 2. The number of carbonyl (C=O) groups excluding carboxylic acids is 1. The fourth-order valence-electron chi connectivity index (χ4n) is 1.29. The summed E-state index contributed by atoms with van der Waals surface area (Å²) in [7, 11) is 0. The van der Waals surface area contributed by atoms with E-state index < -0.39 is 0 Å². The van der Waals surface area contributed by atoms with Crippen molar-refractivity contribution in [2.45, 2.75) is 20.3 Å². The zero-order valence-electron chi connectivity index (χ0n) is 9.96. The van der Waals surface area contributed by atoms with Crippen LogP contribution >= 0.6 is 11.6 Å². The summed E-state index contributed by atoms with van der Waals surface area (Å²) >= 11 is 5.56. The Morgan fingerprint density at radius 1 is 1.53 bits per heavy atom. The van der Waals surface area contributed by atoms with Crippen LogP contribution < -0.4 is 11.1 Å². The Kier molecular flexibility index (Phi) is 4.97. The Balaban J connectivity index is 2.90. The van der Waals surface area contributed by atoms with Gasteiger partial charge < -0.3 is 11.1 Å². The molecule has 0 radical (unpaired) electrons. The number of rotatable bonds is 4. The monoisotopic (exact) mass is 253 g/mol. The molecule has 1 amide bonds. The largest absolute Gasteiger partial charge is 0.386 e. The van der Waals surface area contributed by atoms with Crippen molar-refractivity contribution in [2.75, 3.05) is 11.2 Å². The van der Waals surface area contributed by atoms with E-state index in [1.54, 1.807) is 12.1 Å². The van der Waals surface area contributed by atoms with Gasteiger partial charge in [-0.1, -0.05) is 6.92 Å². The fraction of sp³-hybridized carbons (Fsp3) is 0.333. The predicted molar refractivity (Wildman–Crippen MR) is 72.1 cm³/mol. The van der Waals surface area contributed by atoms with E-state index >= 15 is 0 Å². The van der Waals surface area contributed by atoms with Crippen LogP contribution in [0.2, 0.25) is 0 Å². The highest BCUT2D eigenvalue weighted by Gasteiger charge is 2.02. The van der Waals surface area contributed by atoms with Gasteiger partial charge in [-0.2, -0.15) is 0 Å². The zero-order chi connectivity index (χ0) is 12.8. The summed E-state index contributed by atoms with van der Waals surface area (Å²) < 4.78 is 0. The van der Waals surface area contributed by atoms with Crippen molar-refractivity contribution in [3.8, 4) is 0 Å². The molecule has 0 aromatic heterocycles. The molecule has 0 heterocycles. The van der Waals surface area contributed by atoms with E-state index in [1.807, 2.05) is 19.9 Å². The number of nitrogens with two attached hydrogens (primary N) is 1. The minimum Gasteiger partial charge on any atom is -0.386 e. The first kappa shape index (κ1) is 13.5. The van der Waals surface area contributed by atoms with Gasteiger partial charge in [-0.25, -0.2) is 4.99 Å². The van der Waals surface area contributed by atoms with Gasteiger partial charge in [0.2, 0.25) is 5.91 Å². The maximum absolute atomic E-state index is 11.2. The number of hydrogen-bond donors (Lipinski definition) is 2. The zero-order valence-corrected chi connectivity index (χ0v) is 10.7. The van der Waals surface area contributed by atoms with Crippen LogP contribution in [0.1, 0.15) is 18.9 Å². The number of aryl methyl sites for hydroxylation is 1. The van der Waals surface area contributed by atoms with Crippen molar-refractivity contribution < 1.29 is 4.79 Å². The first-order valence-corrected chi connectivity index (χ1v) is 5.89. The molecule has 3 N–H and O–H groups in total. The summed E-state index contributed by atoms with van der Waals surface area (Å²) in [6, 6.07) is 5.45. The average Bonchev–Trinajstić information content (AvgIpc) is 2.32. The Morgan fingerprint density at radius 2 is 2.24 bits per heavy atom. The van der Waals surface area contributed by atoms with Gasteiger partial charge in [0, 0.05) is 12.1 Å². The lowest BCUT2D eigenvalue weighted by Crippen LogP contribution is -2.12. The summed E-state index contributed by atoms with van der Waals surface area (Å²) in [5.74, 6) is 0.564. The second kappa shape index (κ2) is 6.25. The highest BCUT2D eigenvalue weighted by atomic mass is 35.5. The molecule has 0 bridgehead atoms.